The lowest BCUT2D eigenvalue weighted by molar-refractivity contribution is 0.254. The Balaban J connectivity index is 1.98. The molecule has 6 heteroatoms. The van der Waals surface area contributed by atoms with Gasteiger partial charge in [0.1, 0.15) is 0 Å². The van der Waals surface area contributed by atoms with Crippen LogP contribution in [0.3, 0.4) is 0 Å². The summed E-state index contributed by atoms with van der Waals surface area (Å²) in [5, 5.41) is 0. The molecule has 0 saturated carbocycles. The van der Waals surface area contributed by atoms with Crippen LogP contribution in [0.2, 0.25) is 0 Å². The summed E-state index contributed by atoms with van der Waals surface area (Å²) >= 11 is 0. The van der Waals surface area contributed by atoms with Gasteiger partial charge in [0.15, 0.2) is 0 Å². The Morgan fingerprint density at radius 2 is 2.05 bits per heavy atom. The normalized spacial score (nSPS) is 25.4. The van der Waals surface area contributed by atoms with Crippen molar-refractivity contribution in [3.8, 4) is 0 Å². The van der Waals surface area contributed by atoms with Gasteiger partial charge in [-0.25, -0.2) is 12.7 Å². The van der Waals surface area contributed by atoms with Crippen molar-refractivity contribution in [2.75, 3.05) is 18.8 Å². The molecule has 1 aliphatic heterocycles. The third-order valence-corrected chi connectivity index (χ3v) is 5.25. The van der Waals surface area contributed by atoms with Crippen molar-refractivity contribution in [3.63, 3.8) is 0 Å². The first kappa shape index (κ1) is 14.4. The number of hydrogen-bond acceptors (Lipinski definition) is 4. The van der Waals surface area contributed by atoms with E-state index in [4.69, 9.17) is 5.73 Å². The van der Waals surface area contributed by atoms with E-state index >= 15 is 0 Å². The predicted molar refractivity (Wildman–Crippen MR) is 75.1 cm³/mol. The van der Waals surface area contributed by atoms with Gasteiger partial charge in [0, 0.05) is 31.5 Å². The Morgan fingerprint density at radius 3 is 2.68 bits per heavy atom. The molecule has 0 amide bonds. The fourth-order valence-electron chi connectivity index (χ4n) is 2.50. The molecule has 106 valence electrons. The van der Waals surface area contributed by atoms with Crippen molar-refractivity contribution in [3.05, 3.63) is 30.1 Å². The van der Waals surface area contributed by atoms with Crippen LogP contribution in [-0.4, -0.2) is 42.6 Å². The van der Waals surface area contributed by atoms with Crippen molar-refractivity contribution >= 4 is 10.0 Å². The summed E-state index contributed by atoms with van der Waals surface area (Å²) in [6.45, 7) is 3.08. The van der Waals surface area contributed by atoms with Crippen LogP contribution in [0, 0.1) is 5.92 Å². The fourth-order valence-corrected chi connectivity index (χ4v) is 4.15. The predicted octanol–water partition coefficient (Wildman–Crippen LogP) is 0.623. The van der Waals surface area contributed by atoms with Crippen LogP contribution in [0.4, 0.5) is 0 Å². The molecule has 2 atom stereocenters. The van der Waals surface area contributed by atoms with Crippen LogP contribution >= 0.6 is 0 Å². The zero-order valence-corrected chi connectivity index (χ0v) is 12.0. The Kier molecular flexibility index (Phi) is 4.54. The topological polar surface area (TPSA) is 76.3 Å². The summed E-state index contributed by atoms with van der Waals surface area (Å²) in [7, 11) is -3.21. The van der Waals surface area contributed by atoms with Gasteiger partial charge in [-0.2, -0.15) is 0 Å². The number of aryl methyl sites for hydroxylation is 1. The quantitative estimate of drug-likeness (QED) is 0.879. The molecule has 0 aliphatic carbocycles. The lowest BCUT2D eigenvalue weighted by Crippen LogP contribution is -2.49. The van der Waals surface area contributed by atoms with Gasteiger partial charge >= 0.3 is 0 Å². The van der Waals surface area contributed by atoms with Crippen LogP contribution in [0.15, 0.2) is 24.5 Å². The minimum Gasteiger partial charge on any atom is -0.326 e. The van der Waals surface area contributed by atoms with E-state index in [0.29, 0.717) is 25.4 Å². The van der Waals surface area contributed by atoms with Gasteiger partial charge in [0.25, 0.3) is 0 Å². The van der Waals surface area contributed by atoms with Crippen molar-refractivity contribution in [2.45, 2.75) is 25.8 Å². The number of piperidine rings is 1. The molecule has 2 heterocycles. The molecular formula is C13H21N3O2S. The summed E-state index contributed by atoms with van der Waals surface area (Å²) in [5.41, 5.74) is 6.90. The van der Waals surface area contributed by atoms with Crippen LogP contribution in [0.5, 0.6) is 0 Å². The molecule has 5 nitrogen and oxygen atoms in total. The molecular weight excluding hydrogens is 262 g/mol. The highest BCUT2D eigenvalue weighted by Crippen LogP contribution is 2.18. The molecule has 1 fully saturated rings. The average molecular weight is 283 g/mol. The average Bonchev–Trinajstić information content (AvgIpc) is 2.37. The van der Waals surface area contributed by atoms with Crippen LogP contribution in [0.1, 0.15) is 18.9 Å². The first-order chi connectivity index (χ1) is 8.97. The van der Waals surface area contributed by atoms with Crippen LogP contribution in [0.25, 0.3) is 0 Å². The second-order valence-electron chi connectivity index (χ2n) is 5.34. The van der Waals surface area contributed by atoms with E-state index in [-0.39, 0.29) is 11.8 Å². The highest BCUT2D eigenvalue weighted by atomic mass is 32.2. The van der Waals surface area contributed by atoms with Crippen molar-refractivity contribution in [2.24, 2.45) is 11.7 Å². The molecule has 2 N–H and O–H groups in total. The third kappa shape index (κ3) is 3.99. The number of aromatic nitrogens is 1. The third-order valence-electron chi connectivity index (χ3n) is 3.45. The van der Waals surface area contributed by atoms with Crippen LogP contribution < -0.4 is 5.73 Å². The number of pyridine rings is 1. The Labute approximate surface area is 114 Å². The van der Waals surface area contributed by atoms with E-state index in [1.54, 1.807) is 16.7 Å². The molecule has 1 aromatic rings. The molecule has 0 aromatic carbocycles. The van der Waals surface area contributed by atoms with E-state index in [9.17, 15) is 8.42 Å². The smallest absolute Gasteiger partial charge is 0.214 e. The maximum atomic E-state index is 12.3. The van der Waals surface area contributed by atoms with Crippen molar-refractivity contribution in [1.82, 2.24) is 9.29 Å². The summed E-state index contributed by atoms with van der Waals surface area (Å²) in [6.07, 6.45) is 4.78. The molecule has 2 rings (SSSR count). The summed E-state index contributed by atoms with van der Waals surface area (Å²) in [4.78, 5) is 3.92. The zero-order valence-electron chi connectivity index (χ0n) is 11.2. The lowest BCUT2D eigenvalue weighted by Gasteiger charge is -2.33. The van der Waals surface area contributed by atoms with E-state index in [1.807, 2.05) is 19.1 Å². The number of sulfonamides is 1. The Hall–Kier alpha value is -0.980. The first-order valence-electron chi connectivity index (χ1n) is 6.59. The van der Waals surface area contributed by atoms with E-state index in [2.05, 4.69) is 4.98 Å². The fraction of sp³-hybridized carbons (Fsp3) is 0.615. The molecule has 19 heavy (non-hydrogen) atoms. The summed E-state index contributed by atoms with van der Waals surface area (Å²) in [5.74, 6) is 0.468. The minimum absolute atomic E-state index is 0.0422. The van der Waals surface area contributed by atoms with Crippen molar-refractivity contribution < 1.29 is 8.42 Å². The Bertz CT molecular complexity index is 494. The van der Waals surface area contributed by atoms with E-state index in [0.717, 1.165) is 12.0 Å². The van der Waals surface area contributed by atoms with Crippen molar-refractivity contribution in [1.29, 1.82) is 0 Å². The molecule has 0 radical (unpaired) electrons. The highest BCUT2D eigenvalue weighted by Gasteiger charge is 2.30. The van der Waals surface area contributed by atoms with E-state index < -0.39 is 10.0 Å². The van der Waals surface area contributed by atoms with Crippen LogP contribution in [-0.2, 0) is 16.4 Å². The summed E-state index contributed by atoms with van der Waals surface area (Å²) in [6, 6.07) is 3.65. The maximum Gasteiger partial charge on any atom is 0.214 e. The SMILES string of the molecule is CC1CC(N)CN(S(=O)(=O)CCc2ccncc2)C1. The number of rotatable bonds is 4. The van der Waals surface area contributed by atoms with Gasteiger partial charge < -0.3 is 5.73 Å². The molecule has 2 unspecified atom stereocenters. The highest BCUT2D eigenvalue weighted by molar-refractivity contribution is 7.89. The lowest BCUT2D eigenvalue weighted by atomic mass is 9.99. The summed E-state index contributed by atoms with van der Waals surface area (Å²) < 4.78 is 26.2. The minimum atomic E-state index is -3.21. The van der Waals surface area contributed by atoms with Gasteiger partial charge in [-0.3, -0.25) is 4.98 Å². The Morgan fingerprint density at radius 1 is 1.37 bits per heavy atom. The molecule has 1 aromatic heterocycles. The molecule has 1 saturated heterocycles. The van der Waals surface area contributed by atoms with Gasteiger partial charge in [-0.15, -0.1) is 0 Å². The van der Waals surface area contributed by atoms with E-state index in [1.165, 1.54) is 0 Å². The monoisotopic (exact) mass is 283 g/mol. The zero-order chi connectivity index (χ0) is 13.9. The standard InChI is InChI=1S/C13H21N3O2S/c1-11-8-13(14)10-16(9-11)19(17,18)7-4-12-2-5-15-6-3-12/h2-3,5-6,11,13H,4,7-10,14H2,1H3. The molecule has 1 aliphatic rings. The first-order valence-corrected chi connectivity index (χ1v) is 8.20. The molecule has 0 bridgehead atoms. The maximum absolute atomic E-state index is 12.3. The number of nitrogens with two attached hydrogens (primary N) is 1. The molecule has 0 spiro atoms. The largest absolute Gasteiger partial charge is 0.326 e. The number of nitrogens with zero attached hydrogens (tertiary/aromatic N) is 2. The van der Waals surface area contributed by atoms with Gasteiger partial charge in [0.05, 0.1) is 5.75 Å². The second-order valence-corrected chi connectivity index (χ2v) is 7.43. The van der Waals surface area contributed by atoms with Gasteiger partial charge in [0.2, 0.25) is 10.0 Å². The number of hydrogen-bond donors (Lipinski definition) is 1. The van der Waals surface area contributed by atoms with Gasteiger partial charge in [-0.05, 0) is 36.5 Å². The van der Waals surface area contributed by atoms with Gasteiger partial charge in [-0.1, -0.05) is 6.92 Å². The second kappa shape index (κ2) is 5.98.